The van der Waals surface area contributed by atoms with Crippen molar-refractivity contribution in [2.45, 2.75) is 0 Å². The van der Waals surface area contributed by atoms with E-state index in [0.717, 1.165) is 21.6 Å². The number of anilines is 1. The van der Waals surface area contributed by atoms with Gasteiger partial charge in [-0.15, -0.1) is 0 Å². The number of amides is 1. The lowest BCUT2D eigenvalue weighted by molar-refractivity contribution is -0.113. The highest BCUT2D eigenvalue weighted by Crippen LogP contribution is 2.37. The molecule has 0 atom stereocenters. The average molecular weight is 479 g/mol. The highest BCUT2D eigenvalue weighted by atomic mass is 79.9. The molecule has 0 saturated carbocycles. The van der Waals surface area contributed by atoms with E-state index in [2.05, 4.69) is 15.9 Å². The van der Waals surface area contributed by atoms with E-state index >= 15 is 0 Å². The van der Waals surface area contributed by atoms with E-state index in [1.54, 1.807) is 36.4 Å². The second kappa shape index (κ2) is 7.24. The number of carbonyl (C=O) groups is 1. The molecule has 1 fully saturated rings. The van der Waals surface area contributed by atoms with Crippen LogP contribution in [0.4, 0.5) is 5.69 Å². The number of thioether (sulfide) groups is 1. The minimum absolute atomic E-state index is 0.294. The number of thiocarbonyl (C=S) groups is 1. The zero-order chi connectivity index (χ0) is 19.1. The van der Waals surface area contributed by atoms with Crippen LogP contribution in [-0.4, -0.2) is 10.2 Å². The van der Waals surface area contributed by atoms with Crippen LogP contribution in [-0.2, 0) is 4.79 Å². The van der Waals surface area contributed by atoms with E-state index in [1.807, 2.05) is 12.1 Å². The van der Waals surface area contributed by atoms with Gasteiger partial charge in [-0.25, -0.2) is 4.79 Å². The van der Waals surface area contributed by atoms with Gasteiger partial charge >= 0.3 is 5.63 Å². The predicted octanol–water partition coefficient (Wildman–Crippen LogP) is 5.61. The largest absolute Gasteiger partial charge is 0.422 e. The molecular formula is C19H9BrClNO3S2. The molecule has 1 aliphatic rings. The maximum Gasteiger partial charge on any atom is 0.343 e. The lowest BCUT2D eigenvalue weighted by atomic mass is 10.1. The normalized spacial score (nSPS) is 15.9. The first-order chi connectivity index (χ1) is 12.9. The summed E-state index contributed by atoms with van der Waals surface area (Å²) >= 11 is 15.9. The van der Waals surface area contributed by atoms with Crippen LogP contribution in [0.3, 0.4) is 0 Å². The molecule has 0 aliphatic carbocycles. The molecule has 27 heavy (non-hydrogen) atoms. The number of hydrogen-bond acceptors (Lipinski definition) is 5. The summed E-state index contributed by atoms with van der Waals surface area (Å²) < 4.78 is 6.41. The minimum atomic E-state index is -0.509. The van der Waals surface area contributed by atoms with Gasteiger partial charge in [0, 0.05) is 9.86 Å². The Bertz CT molecular complexity index is 1210. The summed E-state index contributed by atoms with van der Waals surface area (Å²) in [5.74, 6) is -0.309. The molecule has 0 spiro atoms. The Hall–Kier alpha value is -1.93. The first-order valence-electron chi connectivity index (χ1n) is 7.70. The first kappa shape index (κ1) is 18.4. The molecule has 8 heteroatoms. The van der Waals surface area contributed by atoms with Gasteiger partial charge in [0.25, 0.3) is 5.91 Å². The van der Waals surface area contributed by atoms with Crippen molar-refractivity contribution >= 4 is 84.5 Å². The van der Waals surface area contributed by atoms with E-state index in [1.165, 1.54) is 11.0 Å². The fraction of sp³-hybridized carbons (Fsp3) is 0. The van der Waals surface area contributed by atoms with Crippen molar-refractivity contribution in [2.24, 2.45) is 0 Å². The summed E-state index contributed by atoms with van der Waals surface area (Å²) in [4.78, 5) is 26.8. The maximum atomic E-state index is 12.9. The fourth-order valence-corrected chi connectivity index (χ4v) is 4.35. The standard InChI is InChI=1S/C19H9BrClNO3S2/c20-13-6-5-12(9-14(13)21)22-17(23)16(27-19(22)26)8-11-7-10-3-1-2-4-15(10)25-18(11)24/h1-9H/b16-8+. The highest BCUT2D eigenvalue weighted by molar-refractivity contribution is 9.10. The summed E-state index contributed by atoms with van der Waals surface area (Å²) in [6.45, 7) is 0. The van der Waals surface area contributed by atoms with Gasteiger partial charge in [0.2, 0.25) is 0 Å². The van der Waals surface area contributed by atoms with Crippen LogP contribution in [0.25, 0.3) is 17.0 Å². The molecule has 1 aromatic heterocycles. The number of hydrogen-bond donors (Lipinski definition) is 0. The van der Waals surface area contributed by atoms with Crippen molar-refractivity contribution in [1.29, 1.82) is 0 Å². The topological polar surface area (TPSA) is 50.5 Å². The lowest BCUT2D eigenvalue weighted by Gasteiger charge is -2.15. The van der Waals surface area contributed by atoms with Gasteiger partial charge in [-0.05, 0) is 52.3 Å². The smallest absolute Gasteiger partial charge is 0.343 e. The van der Waals surface area contributed by atoms with E-state index in [-0.39, 0.29) is 5.91 Å². The number of halogens is 2. The fourth-order valence-electron chi connectivity index (χ4n) is 2.63. The summed E-state index contributed by atoms with van der Waals surface area (Å²) in [7, 11) is 0. The van der Waals surface area contributed by atoms with Crippen molar-refractivity contribution in [3.63, 3.8) is 0 Å². The predicted molar refractivity (Wildman–Crippen MR) is 117 cm³/mol. The second-order valence-electron chi connectivity index (χ2n) is 5.64. The Morgan fingerprint density at radius 1 is 1.15 bits per heavy atom. The summed E-state index contributed by atoms with van der Waals surface area (Å²) in [5.41, 5.74) is 0.852. The van der Waals surface area contributed by atoms with Crippen molar-refractivity contribution < 1.29 is 9.21 Å². The molecule has 0 unspecified atom stereocenters. The van der Waals surface area contributed by atoms with Crippen LogP contribution in [0.1, 0.15) is 5.56 Å². The molecule has 1 saturated heterocycles. The van der Waals surface area contributed by atoms with Crippen molar-refractivity contribution in [2.75, 3.05) is 4.90 Å². The zero-order valence-corrected chi connectivity index (χ0v) is 17.4. The van der Waals surface area contributed by atoms with Gasteiger partial charge in [0.1, 0.15) is 5.58 Å². The third-order valence-corrected chi connectivity index (χ3v) is 6.44. The van der Waals surface area contributed by atoms with Gasteiger partial charge in [-0.1, -0.05) is 53.8 Å². The summed E-state index contributed by atoms with van der Waals surface area (Å²) in [6, 6.07) is 14.0. The third kappa shape index (κ3) is 3.48. The van der Waals surface area contributed by atoms with Crippen LogP contribution in [0, 0.1) is 0 Å². The van der Waals surface area contributed by atoms with Gasteiger partial charge in [0.15, 0.2) is 4.32 Å². The van der Waals surface area contributed by atoms with E-state index in [9.17, 15) is 9.59 Å². The third-order valence-electron chi connectivity index (χ3n) is 3.91. The number of carbonyl (C=O) groups excluding carboxylic acids is 1. The van der Waals surface area contributed by atoms with Gasteiger partial charge in [0.05, 0.1) is 21.2 Å². The Balaban J connectivity index is 1.74. The molecule has 0 radical (unpaired) electrons. The lowest BCUT2D eigenvalue weighted by Crippen LogP contribution is -2.27. The van der Waals surface area contributed by atoms with Crippen LogP contribution in [0.2, 0.25) is 5.02 Å². The van der Waals surface area contributed by atoms with E-state index < -0.39 is 5.63 Å². The second-order valence-corrected chi connectivity index (χ2v) is 8.58. The molecule has 134 valence electrons. The number of benzene rings is 2. The number of rotatable bonds is 2. The van der Waals surface area contributed by atoms with Crippen LogP contribution < -0.4 is 10.5 Å². The SMILES string of the molecule is O=C1/C(=C\c2cc3ccccc3oc2=O)SC(=S)N1c1ccc(Br)c(Cl)c1. The quantitative estimate of drug-likeness (QED) is 0.272. The molecule has 2 aromatic carbocycles. The van der Waals surface area contributed by atoms with Crippen LogP contribution in [0.5, 0.6) is 0 Å². The van der Waals surface area contributed by atoms with Crippen LogP contribution >= 0.6 is 51.5 Å². The average Bonchev–Trinajstić information content (AvgIpc) is 2.92. The van der Waals surface area contributed by atoms with Crippen LogP contribution in [0.15, 0.2) is 67.1 Å². The molecule has 2 heterocycles. The van der Waals surface area contributed by atoms with Crippen molar-refractivity contribution in [3.05, 3.63) is 78.9 Å². The Morgan fingerprint density at radius 2 is 1.93 bits per heavy atom. The summed E-state index contributed by atoms with van der Waals surface area (Å²) in [6.07, 6.45) is 1.51. The summed E-state index contributed by atoms with van der Waals surface area (Å²) in [5, 5.41) is 1.25. The van der Waals surface area contributed by atoms with Crippen molar-refractivity contribution in [1.82, 2.24) is 0 Å². The molecule has 0 N–H and O–H groups in total. The van der Waals surface area contributed by atoms with E-state index in [4.69, 9.17) is 28.2 Å². The monoisotopic (exact) mass is 477 g/mol. The van der Waals surface area contributed by atoms with Gasteiger partial charge in [-0.3, -0.25) is 9.69 Å². The Kier molecular flexibility index (Phi) is 4.94. The zero-order valence-electron chi connectivity index (χ0n) is 13.4. The van der Waals surface area contributed by atoms with Gasteiger partial charge in [-0.2, -0.15) is 0 Å². The highest BCUT2D eigenvalue weighted by Gasteiger charge is 2.33. The molecule has 4 nitrogen and oxygen atoms in total. The maximum absolute atomic E-state index is 12.9. The molecule has 0 bridgehead atoms. The number of para-hydroxylation sites is 1. The molecule has 1 amide bonds. The minimum Gasteiger partial charge on any atom is -0.422 e. The van der Waals surface area contributed by atoms with E-state index in [0.29, 0.717) is 31.1 Å². The molecular weight excluding hydrogens is 470 g/mol. The molecule has 4 rings (SSSR count). The van der Waals surface area contributed by atoms with Gasteiger partial charge < -0.3 is 4.42 Å². The number of fused-ring (bicyclic) bond motifs is 1. The number of nitrogens with zero attached hydrogens (tertiary/aromatic N) is 1. The van der Waals surface area contributed by atoms with Crippen molar-refractivity contribution in [3.8, 4) is 0 Å². The Labute approximate surface area is 176 Å². The Morgan fingerprint density at radius 3 is 2.70 bits per heavy atom. The molecule has 3 aromatic rings. The molecule has 1 aliphatic heterocycles. The first-order valence-corrected chi connectivity index (χ1v) is 10.1.